The second kappa shape index (κ2) is 7.05. The zero-order valence-corrected chi connectivity index (χ0v) is 14.1. The normalized spacial score (nSPS) is 28.0. The quantitative estimate of drug-likeness (QED) is 0.889. The number of nitrogens with one attached hydrogen (secondary N) is 2. The molecule has 2 aliphatic rings. The Morgan fingerprint density at radius 1 is 1.43 bits per heavy atom. The minimum atomic E-state index is -0.402. The molecule has 2 fully saturated rings. The van der Waals surface area contributed by atoms with Gasteiger partial charge in [-0.25, -0.2) is 4.39 Å². The summed E-state index contributed by atoms with van der Waals surface area (Å²) in [6, 6.07) is 5.39. The lowest BCUT2D eigenvalue weighted by Gasteiger charge is -2.28. The molecule has 1 aromatic rings. The Labute approximate surface area is 141 Å². The molecule has 3 rings (SSSR count). The van der Waals surface area contributed by atoms with E-state index in [0.29, 0.717) is 12.6 Å². The average molecular weight is 340 g/mol. The molecule has 2 N–H and O–H groups in total. The molecule has 4 nitrogen and oxygen atoms in total. The topological polar surface area (TPSA) is 44.4 Å². The largest absolute Gasteiger partial charge is 0.369 e. The van der Waals surface area contributed by atoms with Crippen molar-refractivity contribution in [1.82, 2.24) is 10.6 Å². The summed E-state index contributed by atoms with van der Waals surface area (Å²) in [5, 5.41) is 6.67. The lowest BCUT2D eigenvalue weighted by Crippen LogP contribution is -2.46. The minimum absolute atomic E-state index is 0.105. The molecule has 0 bridgehead atoms. The van der Waals surface area contributed by atoms with Gasteiger partial charge in [-0.15, -0.1) is 0 Å². The highest BCUT2D eigenvalue weighted by Crippen LogP contribution is 2.25. The Kier molecular flexibility index (Phi) is 5.07. The van der Waals surface area contributed by atoms with Crippen LogP contribution in [0.4, 0.5) is 10.1 Å². The van der Waals surface area contributed by atoms with E-state index in [4.69, 9.17) is 11.6 Å². The maximum Gasteiger partial charge on any atom is 0.223 e. The van der Waals surface area contributed by atoms with Crippen LogP contribution in [0.5, 0.6) is 0 Å². The smallest absolute Gasteiger partial charge is 0.223 e. The highest BCUT2D eigenvalue weighted by molar-refractivity contribution is 6.30. The molecule has 23 heavy (non-hydrogen) atoms. The summed E-state index contributed by atoms with van der Waals surface area (Å²) in [5.74, 6) is -0.138. The molecule has 3 atom stereocenters. The molecule has 1 aromatic carbocycles. The van der Waals surface area contributed by atoms with Gasteiger partial charge in [-0.3, -0.25) is 4.79 Å². The SMILES string of the molecule is C[C@H]1C[C@@H](C(=O)NC2CCN(c3ccc(Cl)c(F)c3)C2)CCN1. The Morgan fingerprint density at radius 2 is 2.26 bits per heavy atom. The first-order chi connectivity index (χ1) is 11.0. The van der Waals surface area contributed by atoms with Gasteiger partial charge < -0.3 is 15.5 Å². The molecule has 1 amide bonds. The van der Waals surface area contributed by atoms with Crippen LogP contribution in [0.1, 0.15) is 26.2 Å². The third-order valence-corrected chi connectivity index (χ3v) is 5.10. The highest BCUT2D eigenvalue weighted by Gasteiger charge is 2.29. The second-order valence-corrected chi connectivity index (χ2v) is 7.02. The molecule has 0 aromatic heterocycles. The second-order valence-electron chi connectivity index (χ2n) is 6.62. The van der Waals surface area contributed by atoms with Gasteiger partial charge in [-0.05, 0) is 50.9 Å². The Hall–Kier alpha value is -1.33. The van der Waals surface area contributed by atoms with E-state index in [1.54, 1.807) is 6.07 Å². The molecular weight excluding hydrogens is 317 g/mol. The lowest BCUT2D eigenvalue weighted by atomic mass is 9.92. The zero-order valence-electron chi connectivity index (χ0n) is 13.3. The summed E-state index contributed by atoms with van der Waals surface area (Å²) >= 11 is 5.73. The van der Waals surface area contributed by atoms with E-state index < -0.39 is 5.82 Å². The number of carbonyl (C=O) groups excluding carboxylic acids is 1. The fourth-order valence-corrected chi connectivity index (χ4v) is 3.60. The summed E-state index contributed by atoms with van der Waals surface area (Å²) in [4.78, 5) is 14.5. The fourth-order valence-electron chi connectivity index (χ4n) is 3.48. The zero-order chi connectivity index (χ0) is 16.4. The molecule has 0 radical (unpaired) electrons. The van der Waals surface area contributed by atoms with E-state index in [-0.39, 0.29) is 22.9 Å². The lowest BCUT2D eigenvalue weighted by molar-refractivity contribution is -0.126. The number of anilines is 1. The van der Waals surface area contributed by atoms with Gasteiger partial charge in [-0.1, -0.05) is 11.6 Å². The number of halogens is 2. The number of nitrogens with zero attached hydrogens (tertiary/aromatic N) is 1. The van der Waals surface area contributed by atoms with Crippen LogP contribution in [0.25, 0.3) is 0 Å². The predicted molar refractivity (Wildman–Crippen MR) is 90.4 cm³/mol. The van der Waals surface area contributed by atoms with Crippen molar-refractivity contribution in [1.29, 1.82) is 0 Å². The van der Waals surface area contributed by atoms with Crippen molar-refractivity contribution in [3.05, 3.63) is 29.0 Å². The third-order valence-electron chi connectivity index (χ3n) is 4.80. The third kappa shape index (κ3) is 3.96. The van der Waals surface area contributed by atoms with Crippen LogP contribution in [-0.2, 0) is 4.79 Å². The number of hydrogen-bond donors (Lipinski definition) is 2. The summed E-state index contributed by atoms with van der Waals surface area (Å²) in [6.07, 6.45) is 2.68. The van der Waals surface area contributed by atoms with Gasteiger partial charge >= 0.3 is 0 Å². The van der Waals surface area contributed by atoms with Crippen LogP contribution in [0, 0.1) is 11.7 Å². The first kappa shape index (κ1) is 16.5. The Bertz CT molecular complexity index is 583. The molecule has 2 aliphatic heterocycles. The number of rotatable bonds is 3. The summed E-state index contributed by atoms with van der Waals surface area (Å²) in [6.45, 7) is 4.55. The fraction of sp³-hybridized carbons (Fsp3) is 0.588. The molecule has 0 spiro atoms. The molecular formula is C17H23ClFN3O. The van der Waals surface area contributed by atoms with Crippen LogP contribution in [0.15, 0.2) is 18.2 Å². The van der Waals surface area contributed by atoms with Crippen molar-refractivity contribution in [3.63, 3.8) is 0 Å². The summed E-state index contributed by atoms with van der Waals surface area (Å²) in [7, 11) is 0. The Balaban J connectivity index is 1.55. The van der Waals surface area contributed by atoms with Crippen LogP contribution in [0.3, 0.4) is 0 Å². The molecule has 126 valence electrons. The first-order valence-electron chi connectivity index (χ1n) is 8.26. The average Bonchev–Trinajstić information content (AvgIpc) is 2.98. The van der Waals surface area contributed by atoms with Gasteiger partial charge in [0.25, 0.3) is 0 Å². The Morgan fingerprint density at radius 3 is 3.00 bits per heavy atom. The number of piperidine rings is 1. The monoisotopic (exact) mass is 339 g/mol. The molecule has 2 saturated heterocycles. The molecule has 0 saturated carbocycles. The molecule has 1 unspecified atom stereocenters. The number of benzene rings is 1. The van der Waals surface area contributed by atoms with E-state index in [2.05, 4.69) is 22.5 Å². The van der Waals surface area contributed by atoms with Crippen LogP contribution >= 0.6 is 11.6 Å². The molecule has 0 aliphatic carbocycles. The minimum Gasteiger partial charge on any atom is -0.369 e. The van der Waals surface area contributed by atoms with Gasteiger partial charge in [0.2, 0.25) is 5.91 Å². The van der Waals surface area contributed by atoms with Crippen molar-refractivity contribution in [2.24, 2.45) is 5.92 Å². The first-order valence-corrected chi connectivity index (χ1v) is 8.64. The van der Waals surface area contributed by atoms with Gasteiger partial charge in [0.1, 0.15) is 5.82 Å². The standard InChI is InChI=1S/C17H23ClFN3O/c1-11-8-12(4-6-20-11)17(23)21-13-5-7-22(10-13)14-2-3-15(18)16(19)9-14/h2-3,9,11-13,20H,4-8,10H2,1H3,(H,21,23)/t11-,12-,13?/m0/s1. The van der Waals surface area contributed by atoms with E-state index in [0.717, 1.165) is 38.0 Å². The van der Waals surface area contributed by atoms with E-state index in [1.807, 2.05) is 6.07 Å². The summed E-state index contributed by atoms with van der Waals surface area (Å²) < 4.78 is 13.6. The van der Waals surface area contributed by atoms with Crippen molar-refractivity contribution in [3.8, 4) is 0 Å². The number of hydrogen-bond acceptors (Lipinski definition) is 3. The van der Waals surface area contributed by atoms with Crippen molar-refractivity contribution in [2.75, 3.05) is 24.5 Å². The van der Waals surface area contributed by atoms with Crippen molar-refractivity contribution >= 4 is 23.2 Å². The predicted octanol–water partition coefficient (Wildman–Crippen LogP) is 2.56. The maximum atomic E-state index is 13.6. The highest BCUT2D eigenvalue weighted by atomic mass is 35.5. The van der Waals surface area contributed by atoms with E-state index in [9.17, 15) is 9.18 Å². The number of amides is 1. The van der Waals surface area contributed by atoms with Crippen LogP contribution < -0.4 is 15.5 Å². The molecule has 6 heteroatoms. The van der Waals surface area contributed by atoms with Crippen LogP contribution in [0.2, 0.25) is 5.02 Å². The van der Waals surface area contributed by atoms with Crippen molar-refractivity contribution < 1.29 is 9.18 Å². The number of carbonyl (C=O) groups is 1. The van der Waals surface area contributed by atoms with Gasteiger partial charge in [0, 0.05) is 36.8 Å². The molecule has 2 heterocycles. The van der Waals surface area contributed by atoms with E-state index >= 15 is 0 Å². The van der Waals surface area contributed by atoms with Gasteiger partial charge in [0.15, 0.2) is 0 Å². The van der Waals surface area contributed by atoms with Gasteiger partial charge in [0.05, 0.1) is 5.02 Å². The van der Waals surface area contributed by atoms with Crippen molar-refractivity contribution in [2.45, 2.75) is 38.3 Å². The summed E-state index contributed by atoms with van der Waals surface area (Å²) in [5.41, 5.74) is 0.819. The van der Waals surface area contributed by atoms with E-state index in [1.165, 1.54) is 6.07 Å². The van der Waals surface area contributed by atoms with Crippen LogP contribution in [-0.4, -0.2) is 37.6 Å². The van der Waals surface area contributed by atoms with Gasteiger partial charge in [-0.2, -0.15) is 0 Å². The maximum absolute atomic E-state index is 13.6.